The van der Waals surface area contributed by atoms with Gasteiger partial charge in [0.2, 0.25) is 5.82 Å². The van der Waals surface area contributed by atoms with Gasteiger partial charge in [-0.25, -0.2) is 9.78 Å². The topological polar surface area (TPSA) is 127 Å². The summed E-state index contributed by atoms with van der Waals surface area (Å²) < 4.78 is 47.8. The Hall–Kier alpha value is -4.26. The van der Waals surface area contributed by atoms with Crippen LogP contribution in [0.15, 0.2) is 60.8 Å². The van der Waals surface area contributed by atoms with Crippen LogP contribution in [0.3, 0.4) is 0 Å². The van der Waals surface area contributed by atoms with E-state index in [1.807, 2.05) is 18.2 Å². The summed E-state index contributed by atoms with van der Waals surface area (Å²) in [6.07, 6.45) is -3.39. The van der Waals surface area contributed by atoms with E-state index in [-0.39, 0.29) is 37.1 Å². The number of imidazole rings is 1. The van der Waals surface area contributed by atoms with Crippen LogP contribution in [0, 0.1) is 0 Å². The van der Waals surface area contributed by atoms with Crippen LogP contribution in [-0.2, 0) is 6.54 Å². The van der Waals surface area contributed by atoms with Crippen LogP contribution in [0.1, 0.15) is 17.5 Å². The Bertz CT molecular complexity index is 1150. The number of halogens is 3. The number of hydrogen-bond acceptors (Lipinski definition) is 6. The lowest BCUT2D eigenvalue weighted by molar-refractivity contribution is -0.274. The van der Waals surface area contributed by atoms with E-state index in [2.05, 4.69) is 25.7 Å². The fourth-order valence-corrected chi connectivity index (χ4v) is 2.96. The molecular weight excluding hydrogens is 483 g/mol. The van der Waals surface area contributed by atoms with Crippen molar-refractivity contribution >= 4 is 23.4 Å². The molecule has 0 aliphatic carbocycles. The van der Waals surface area contributed by atoms with Gasteiger partial charge in [-0.05, 0) is 43.3 Å². The Balaban J connectivity index is 1.66. The molecule has 36 heavy (non-hydrogen) atoms. The Morgan fingerprint density at radius 2 is 1.75 bits per heavy atom. The maximum absolute atomic E-state index is 12.6. The lowest BCUT2D eigenvalue weighted by atomic mass is 10.3. The Kier molecular flexibility index (Phi) is 8.73. The molecule has 13 heteroatoms. The number of ether oxygens (including phenoxy) is 2. The Morgan fingerprint density at radius 1 is 1.06 bits per heavy atom. The van der Waals surface area contributed by atoms with Gasteiger partial charge >= 0.3 is 12.4 Å². The second kappa shape index (κ2) is 11.9. The minimum atomic E-state index is -4.82. The van der Waals surface area contributed by atoms with Gasteiger partial charge in [-0.15, -0.1) is 13.2 Å². The lowest BCUT2D eigenvalue weighted by Gasteiger charge is -2.12. The fraction of sp³-hybridized carbons (Fsp3) is 0.261. The van der Waals surface area contributed by atoms with Crippen molar-refractivity contribution in [2.75, 3.05) is 23.8 Å². The molecule has 0 saturated carbocycles. The van der Waals surface area contributed by atoms with Gasteiger partial charge in [0.25, 0.3) is 5.91 Å². The summed E-state index contributed by atoms with van der Waals surface area (Å²) in [6.45, 7) is 1.77. The van der Waals surface area contributed by atoms with Crippen LogP contribution in [0.5, 0.6) is 11.5 Å². The number of carbonyl (C=O) groups is 2. The number of nitrogens with one attached hydrogen (secondary N) is 3. The number of aliphatic hydroxyl groups is 1. The minimum Gasteiger partial charge on any atom is -0.492 e. The molecule has 0 spiro atoms. The molecule has 0 radical (unpaired) electrons. The number of nitrogens with zero attached hydrogens (tertiary/aromatic N) is 2. The quantitative estimate of drug-likeness (QED) is 0.332. The van der Waals surface area contributed by atoms with E-state index >= 15 is 0 Å². The number of alkyl halides is 3. The molecule has 0 aliphatic rings. The third-order valence-electron chi connectivity index (χ3n) is 4.56. The van der Waals surface area contributed by atoms with Crippen molar-refractivity contribution < 1.29 is 37.3 Å². The predicted octanol–water partition coefficient (Wildman–Crippen LogP) is 3.62. The van der Waals surface area contributed by atoms with Crippen molar-refractivity contribution in [1.82, 2.24) is 14.9 Å². The van der Waals surface area contributed by atoms with Crippen LogP contribution in [-0.4, -0.2) is 52.2 Å². The zero-order chi connectivity index (χ0) is 26.1. The zero-order valence-electron chi connectivity index (χ0n) is 19.1. The van der Waals surface area contributed by atoms with Gasteiger partial charge in [0, 0.05) is 17.9 Å². The molecule has 10 nitrogen and oxygen atoms in total. The van der Waals surface area contributed by atoms with Gasteiger partial charge in [-0.1, -0.05) is 18.2 Å². The molecule has 192 valence electrons. The number of aliphatic hydroxyl groups excluding tert-OH is 1. The normalized spacial score (nSPS) is 11.9. The van der Waals surface area contributed by atoms with E-state index in [1.54, 1.807) is 19.1 Å². The molecule has 1 heterocycles. The average molecular weight is 507 g/mol. The summed E-state index contributed by atoms with van der Waals surface area (Å²) in [5.74, 6) is -0.327. The number of rotatable bonds is 10. The number of urea groups is 1. The molecule has 3 amide bonds. The van der Waals surface area contributed by atoms with Crippen molar-refractivity contribution in [3.8, 4) is 11.5 Å². The summed E-state index contributed by atoms with van der Waals surface area (Å²) in [7, 11) is 0. The summed E-state index contributed by atoms with van der Waals surface area (Å²) >= 11 is 0. The zero-order valence-corrected chi connectivity index (χ0v) is 19.1. The monoisotopic (exact) mass is 507 g/mol. The minimum absolute atomic E-state index is 0.0177. The third-order valence-corrected chi connectivity index (χ3v) is 4.56. The van der Waals surface area contributed by atoms with Gasteiger partial charge in [-0.3, -0.25) is 10.1 Å². The molecule has 0 fully saturated rings. The number of benzene rings is 2. The highest BCUT2D eigenvalue weighted by Crippen LogP contribution is 2.24. The smallest absolute Gasteiger partial charge is 0.492 e. The molecular formula is C23H24F3N5O5. The number of para-hydroxylation sites is 1. The van der Waals surface area contributed by atoms with Gasteiger partial charge in [0.05, 0.1) is 13.2 Å². The van der Waals surface area contributed by atoms with Gasteiger partial charge < -0.3 is 29.8 Å². The molecule has 1 aromatic heterocycles. The summed E-state index contributed by atoms with van der Waals surface area (Å²) in [5, 5.41) is 16.7. The molecule has 3 rings (SSSR count). The van der Waals surface area contributed by atoms with E-state index in [4.69, 9.17) is 4.74 Å². The predicted molar refractivity (Wildman–Crippen MR) is 124 cm³/mol. The van der Waals surface area contributed by atoms with Crippen molar-refractivity contribution in [2.45, 2.75) is 25.9 Å². The molecule has 4 N–H and O–H groups in total. The van der Waals surface area contributed by atoms with E-state index in [9.17, 15) is 27.9 Å². The van der Waals surface area contributed by atoms with Crippen LogP contribution in [0.2, 0.25) is 0 Å². The largest absolute Gasteiger partial charge is 0.573 e. The summed E-state index contributed by atoms with van der Waals surface area (Å²) in [6, 6.07) is 12.4. The van der Waals surface area contributed by atoms with E-state index < -0.39 is 30.1 Å². The van der Waals surface area contributed by atoms with Gasteiger partial charge in [0.15, 0.2) is 5.82 Å². The first-order chi connectivity index (χ1) is 17.1. The van der Waals surface area contributed by atoms with Crippen molar-refractivity contribution in [3.05, 3.63) is 66.6 Å². The number of aromatic nitrogens is 2. The van der Waals surface area contributed by atoms with Crippen molar-refractivity contribution in [3.63, 3.8) is 0 Å². The molecule has 1 atom stereocenters. The number of amides is 3. The number of hydrogen-bond donors (Lipinski definition) is 4. The molecule has 1 unspecified atom stereocenters. The Labute approximate surface area is 204 Å². The summed E-state index contributed by atoms with van der Waals surface area (Å²) in [4.78, 5) is 29.1. The first kappa shape index (κ1) is 26.3. The number of carbonyl (C=O) groups excluding carboxylic acids is 2. The first-order valence-corrected chi connectivity index (χ1v) is 10.7. The highest BCUT2D eigenvalue weighted by Gasteiger charge is 2.31. The second-order valence-corrected chi connectivity index (χ2v) is 7.51. The maximum atomic E-state index is 12.6. The standard InChI is InChI=1S/C23H24F3N5O5/c1-15(14-32)27-21(33)20-29-19(13-31(20)11-12-35-17-5-3-2-4-6-17)30-22(34)28-16-7-9-18(10-8-16)36-23(24,25)26/h2-10,13,15,32H,11-12,14H2,1H3,(H,27,33)(H2,28,30,34). The molecule has 3 aromatic rings. The van der Waals surface area contributed by atoms with Crippen LogP contribution in [0.25, 0.3) is 0 Å². The first-order valence-electron chi connectivity index (χ1n) is 10.7. The van der Waals surface area contributed by atoms with E-state index in [1.165, 1.54) is 22.9 Å². The molecule has 2 aromatic carbocycles. The van der Waals surface area contributed by atoms with Crippen LogP contribution in [0.4, 0.5) is 29.5 Å². The molecule has 0 bridgehead atoms. The number of anilines is 2. The summed E-state index contributed by atoms with van der Waals surface area (Å²) in [5.41, 5.74) is 0.201. The highest BCUT2D eigenvalue weighted by atomic mass is 19.4. The third kappa shape index (κ3) is 8.20. The van der Waals surface area contributed by atoms with E-state index in [0.717, 1.165) is 12.1 Å². The van der Waals surface area contributed by atoms with Gasteiger partial charge in [0.1, 0.15) is 18.1 Å². The van der Waals surface area contributed by atoms with Crippen molar-refractivity contribution in [1.29, 1.82) is 0 Å². The molecule has 0 aliphatic heterocycles. The second-order valence-electron chi connectivity index (χ2n) is 7.51. The average Bonchev–Trinajstić information content (AvgIpc) is 3.22. The molecule has 0 saturated heterocycles. The highest BCUT2D eigenvalue weighted by molar-refractivity contribution is 5.99. The van der Waals surface area contributed by atoms with Crippen LogP contribution < -0.4 is 25.4 Å². The van der Waals surface area contributed by atoms with Gasteiger partial charge in [-0.2, -0.15) is 0 Å². The van der Waals surface area contributed by atoms with E-state index in [0.29, 0.717) is 5.75 Å². The Morgan fingerprint density at radius 3 is 2.39 bits per heavy atom. The van der Waals surface area contributed by atoms with Crippen LogP contribution >= 0.6 is 0 Å². The fourth-order valence-electron chi connectivity index (χ4n) is 2.96. The maximum Gasteiger partial charge on any atom is 0.573 e. The van der Waals surface area contributed by atoms with Crippen molar-refractivity contribution in [2.24, 2.45) is 0 Å². The lowest BCUT2D eigenvalue weighted by Crippen LogP contribution is -2.36. The SMILES string of the molecule is CC(CO)NC(=O)c1nc(NC(=O)Nc2ccc(OC(F)(F)F)cc2)cn1CCOc1ccccc1.